The van der Waals surface area contributed by atoms with Gasteiger partial charge in [-0.25, -0.2) is 4.98 Å². The van der Waals surface area contributed by atoms with Gasteiger partial charge in [-0.1, -0.05) is 12.1 Å². The maximum absolute atomic E-state index is 5.54. The first-order valence-electron chi connectivity index (χ1n) is 6.99. The van der Waals surface area contributed by atoms with Crippen molar-refractivity contribution in [3.8, 4) is 22.9 Å². The Morgan fingerprint density at radius 3 is 2.71 bits per heavy atom. The summed E-state index contributed by atoms with van der Waals surface area (Å²) in [4.78, 5) is 8.03. The van der Waals surface area contributed by atoms with E-state index in [0.717, 1.165) is 33.7 Å². The number of fused-ring (bicyclic) bond motifs is 1. The summed E-state index contributed by atoms with van der Waals surface area (Å²) in [6.07, 6.45) is 0. The van der Waals surface area contributed by atoms with Gasteiger partial charge in [0.25, 0.3) is 0 Å². The fourth-order valence-electron chi connectivity index (χ4n) is 2.40. The van der Waals surface area contributed by atoms with E-state index in [4.69, 9.17) is 9.47 Å². The minimum Gasteiger partial charge on any atom is -0.493 e. The van der Waals surface area contributed by atoms with Crippen molar-refractivity contribution in [2.75, 3.05) is 13.7 Å². The number of aromatic amines is 1. The molecule has 0 radical (unpaired) electrons. The molecule has 0 aliphatic rings. The Bertz CT molecular complexity index is 778. The third kappa shape index (κ3) is 2.44. The van der Waals surface area contributed by atoms with Crippen molar-refractivity contribution in [1.82, 2.24) is 9.97 Å². The van der Waals surface area contributed by atoms with Gasteiger partial charge in [-0.05, 0) is 43.7 Å². The molecular formula is C17H18N2O2. The van der Waals surface area contributed by atoms with Crippen molar-refractivity contribution >= 4 is 11.0 Å². The number of ether oxygens (including phenoxy) is 2. The van der Waals surface area contributed by atoms with Gasteiger partial charge in [-0.2, -0.15) is 0 Å². The Morgan fingerprint density at radius 1 is 1.14 bits per heavy atom. The summed E-state index contributed by atoms with van der Waals surface area (Å²) in [6, 6.07) is 12.0. The zero-order valence-corrected chi connectivity index (χ0v) is 12.4. The molecule has 0 fully saturated rings. The highest BCUT2D eigenvalue weighted by Gasteiger charge is 2.10. The molecule has 1 N–H and O–H groups in total. The second kappa shape index (κ2) is 5.48. The summed E-state index contributed by atoms with van der Waals surface area (Å²) < 4.78 is 10.9. The normalized spacial score (nSPS) is 10.8. The molecule has 0 aliphatic heterocycles. The third-order valence-corrected chi connectivity index (χ3v) is 3.45. The summed E-state index contributed by atoms with van der Waals surface area (Å²) in [5.41, 5.74) is 4.18. The maximum Gasteiger partial charge on any atom is 0.161 e. The van der Waals surface area contributed by atoms with E-state index in [1.807, 2.05) is 37.3 Å². The molecule has 1 heterocycles. The van der Waals surface area contributed by atoms with Gasteiger partial charge in [-0.15, -0.1) is 0 Å². The molecule has 0 spiro atoms. The summed E-state index contributed by atoms with van der Waals surface area (Å²) >= 11 is 0. The number of H-pyrrole nitrogens is 1. The molecule has 0 amide bonds. The van der Waals surface area contributed by atoms with Crippen molar-refractivity contribution in [3.05, 3.63) is 42.0 Å². The largest absolute Gasteiger partial charge is 0.493 e. The van der Waals surface area contributed by atoms with E-state index < -0.39 is 0 Å². The van der Waals surface area contributed by atoms with Crippen LogP contribution < -0.4 is 9.47 Å². The van der Waals surface area contributed by atoms with Crippen molar-refractivity contribution in [2.45, 2.75) is 13.8 Å². The first-order chi connectivity index (χ1) is 10.2. The van der Waals surface area contributed by atoms with Crippen molar-refractivity contribution in [3.63, 3.8) is 0 Å². The standard InChI is InChI=1S/C17H18N2O2/c1-4-21-14-9-8-12(10-15(14)20-3)17-18-13-7-5-6-11(2)16(13)19-17/h5-10H,4H2,1-3H3,(H,18,19). The van der Waals surface area contributed by atoms with E-state index in [1.54, 1.807) is 7.11 Å². The molecule has 4 heteroatoms. The van der Waals surface area contributed by atoms with Gasteiger partial charge >= 0.3 is 0 Å². The SMILES string of the molecule is CCOc1ccc(-c2nc3c(C)cccc3[nH]2)cc1OC. The van der Waals surface area contributed by atoms with Crippen LogP contribution in [0.3, 0.4) is 0 Å². The summed E-state index contributed by atoms with van der Waals surface area (Å²) in [7, 11) is 1.64. The van der Waals surface area contributed by atoms with Gasteiger partial charge in [0.1, 0.15) is 5.82 Å². The molecule has 0 unspecified atom stereocenters. The number of aromatic nitrogens is 2. The number of para-hydroxylation sites is 1. The lowest BCUT2D eigenvalue weighted by Gasteiger charge is -2.09. The Morgan fingerprint density at radius 2 is 2.00 bits per heavy atom. The maximum atomic E-state index is 5.54. The van der Waals surface area contributed by atoms with Crippen LogP contribution in [-0.4, -0.2) is 23.7 Å². The van der Waals surface area contributed by atoms with Gasteiger partial charge in [-0.3, -0.25) is 0 Å². The molecule has 4 nitrogen and oxygen atoms in total. The summed E-state index contributed by atoms with van der Waals surface area (Å²) in [5, 5.41) is 0. The number of hydrogen-bond donors (Lipinski definition) is 1. The second-order valence-electron chi connectivity index (χ2n) is 4.86. The van der Waals surface area contributed by atoms with Crippen LogP contribution in [0.15, 0.2) is 36.4 Å². The average molecular weight is 282 g/mol. The van der Waals surface area contributed by atoms with E-state index in [9.17, 15) is 0 Å². The number of hydrogen-bond acceptors (Lipinski definition) is 3. The molecule has 0 saturated carbocycles. The lowest BCUT2D eigenvalue weighted by atomic mass is 10.2. The minimum atomic E-state index is 0.611. The van der Waals surface area contributed by atoms with E-state index >= 15 is 0 Å². The number of methoxy groups -OCH3 is 1. The van der Waals surface area contributed by atoms with Gasteiger partial charge in [0.15, 0.2) is 11.5 Å². The van der Waals surface area contributed by atoms with Crippen LogP contribution in [0.25, 0.3) is 22.4 Å². The van der Waals surface area contributed by atoms with Crippen LogP contribution in [0, 0.1) is 6.92 Å². The number of aryl methyl sites for hydroxylation is 1. The Hall–Kier alpha value is -2.49. The molecule has 3 rings (SSSR count). The third-order valence-electron chi connectivity index (χ3n) is 3.45. The predicted octanol–water partition coefficient (Wildman–Crippen LogP) is 3.95. The molecule has 1 aromatic heterocycles. The van der Waals surface area contributed by atoms with E-state index in [1.165, 1.54) is 0 Å². The number of benzene rings is 2. The highest BCUT2D eigenvalue weighted by Crippen LogP contribution is 2.32. The lowest BCUT2D eigenvalue weighted by Crippen LogP contribution is -1.95. The van der Waals surface area contributed by atoms with Crippen LogP contribution >= 0.6 is 0 Å². The zero-order chi connectivity index (χ0) is 14.8. The molecular weight excluding hydrogens is 264 g/mol. The fourth-order valence-corrected chi connectivity index (χ4v) is 2.40. The molecule has 0 atom stereocenters. The Kier molecular flexibility index (Phi) is 3.52. The van der Waals surface area contributed by atoms with E-state index in [2.05, 4.69) is 23.0 Å². The van der Waals surface area contributed by atoms with E-state index in [0.29, 0.717) is 12.4 Å². The lowest BCUT2D eigenvalue weighted by molar-refractivity contribution is 0.311. The molecule has 0 bridgehead atoms. The monoisotopic (exact) mass is 282 g/mol. The molecule has 2 aromatic carbocycles. The first kappa shape index (κ1) is 13.5. The number of rotatable bonds is 4. The highest BCUT2D eigenvalue weighted by molar-refractivity contribution is 5.82. The van der Waals surface area contributed by atoms with Crippen LogP contribution in [0.1, 0.15) is 12.5 Å². The van der Waals surface area contributed by atoms with Crippen LogP contribution in [-0.2, 0) is 0 Å². The summed E-state index contributed by atoms with van der Waals surface area (Å²) in [5.74, 6) is 2.29. The van der Waals surface area contributed by atoms with Crippen molar-refractivity contribution < 1.29 is 9.47 Å². The number of nitrogens with zero attached hydrogens (tertiary/aromatic N) is 1. The van der Waals surface area contributed by atoms with Gasteiger partial charge in [0.2, 0.25) is 0 Å². The van der Waals surface area contributed by atoms with E-state index in [-0.39, 0.29) is 0 Å². The van der Waals surface area contributed by atoms with Crippen molar-refractivity contribution in [1.29, 1.82) is 0 Å². The average Bonchev–Trinajstić information content (AvgIpc) is 2.93. The fraction of sp³-hybridized carbons (Fsp3) is 0.235. The van der Waals surface area contributed by atoms with Crippen LogP contribution in [0.2, 0.25) is 0 Å². The van der Waals surface area contributed by atoms with Gasteiger partial charge in [0.05, 0.1) is 24.8 Å². The highest BCUT2D eigenvalue weighted by atomic mass is 16.5. The number of imidazole rings is 1. The van der Waals surface area contributed by atoms with Crippen LogP contribution in [0.5, 0.6) is 11.5 Å². The molecule has 3 aromatic rings. The van der Waals surface area contributed by atoms with Crippen molar-refractivity contribution in [2.24, 2.45) is 0 Å². The van der Waals surface area contributed by atoms with Gasteiger partial charge in [0, 0.05) is 5.56 Å². The summed E-state index contributed by atoms with van der Waals surface area (Å²) in [6.45, 7) is 4.63. The second-order valence-corrected chi connectivity index (χ2v) is 4.86. The quantitative estimate of drug-likeness (QED) is 0.788. The number of nitrogens with one attached hydrogen (secondary N) is 1. The molecule has 0 aliphatic carbocycles. The molecule has 108 valence electrons. The molecule has 0 saturated heterocycles. The van der Waals surface area contributed by atoms with Crippen LogP contribution in [0.4, 0.5) is 0 Å². The minimum absolute atomic E-state index is 0.611. The Labute approximate surface area is 123 Å². The molecule has 21 heavy (non-hydrogen) atoms. The zero-order valence-electron chi connectivity index (χ0n) is 12.4. The Balaban J connectivity index is 2.07. The van der Waals surface area contributed by atoms with Gasteiger partial charge < -0.3 is 14.5 Å². The predicted molar refractivity (Wildman–Crippen MR) is 84.0 cm³/mol. The smallest absolute Gasteiger partial charge is 0.161 e. The first-order valence-corrected chi connectivity index (χ1v) is 6.99. The topological polar surface area (TPSA) is 47.1 Å².